The second kappa shape index (κ2) is 4.87. The molecule has 2 aliphatic heterocycles. The fourth-order valence-electron chi connectivity index (χ4n) is 3.33. The standard InChI is InChI=1S/C17H21N3O2/c1-10-9-17(2,3)20(4)14-6-5-11(7-12(10)14)8-13-15(21)19-16(22)18-13/h5-8,10H,9H2,1-4H3,(H2,18,19,21,22)/b13-8+/t10-/m0/s1. The normalized spacial score (nSPS) is 25.0. The summed E-state index contributed by atoms with van der Waals surface area (Å²) in [5, 5.41) is 4.73. The summed E-state index contributed by atoms with van der Waals surface area (Å²) in [6.45, 7) is 6.73. The Labute approximate surface area is 130 Å². The third kappa shape index (κ3) is 2.36. The molecule has 116 valence electrons. The van der Waals surface area contributed by atoms with E-state index in [4.69, 9.17) is 0 Å². The van der Waals surface area contributed by atoms with Crippen molar-refractivity contribution in [2.45, 2.75) is 38.6 Å². The molecule has 0 aliphatic carbocycles. The molecule has 5 heteroatoms. The van der Waals surface area contributed by atoms with Gasteiger partial charge in [0, 0.05) is 18.3 Å². The average Bonchev–Trinajstić information content (AvgIpc) is 2.74. The van der Waals surface area contributed by atoms with Gasteiger partial charge in [0.2, 0.25) is 0 Å². The van der Waals surface area contributed by atoms with Crippen molar-refractivity contribution in [3.63, 3.8) is 0 Å². The smallest absolute Gasteiger partial charge is 0.326 e. The number of hydrogen-bond donors (Lipinski definition) is 2. The molecule has 5 nitrogen and oxygen atoms in total. The van der Waals surface area contributed by atoms with Crippen LogP contribution in [0.15, 0.2) is 23.9 Å². The molecule has 2 aliphatic rings. The van der Waals surface area contributed by atoms with Gasteiger partial charge in [0.25, 0.3) is 5.91 Å². The van der Waals surface area contributed by atoms with Crippen molar-refractivity contribution in [3.05, 3.63) is 35.0 Å². The minimum atomic E-state index is -0.468. The van der Waals surface area contributed by atoms with Crippen LogP contribution < -0.4 is 15.5 Å². The van der Waals surface area contributed by atoms with Gasteiger partial charge in [-0.1, -0.05) is 13.0 Å². The lowest BCUT2D eigenvalue weighted by atomic mass is 9.80. The Bertz CT molecular complexity index is 691. The molecule has 0 aromatic heterocycles. The van der Waals surface area contributed by atoms with Crippen molar-refractivity contribution in [2.24, 2.45) is 0 Å². The number of rotatable bonds is 1. The van der Waals surface area contributed by atoms with Crippen LogP contribution in [-0.2, 0) is 4.79 Å². The van der Waals surface area contributed by atoms with Crippen LogP contribution in [0, 0.1) is 0 Å². The van der Waals surface area contributed by atoms with Crippen molar-refractivity contribution in [1.82, 2.24) is 10.6 Å². The van der Waals surface area contributed by atoms with Crippen molar-refractivity contribution >= 4 is 23.7 Å². The predicted molar refractivity (Wildman–Crippen MR) is 86.6 cm³/mol. The van der Waals surface area contributed by atoms with Gasteiger partial charge in [-0.3, -0.25) is 10.1 Å². The monoisotopic (exact) mass is 299 g/mol. The minimum Gasteiger partial charge on any atom is -0.369 e. The lowest BCUT2D eigenvalue weighted by molar-refractivity contribution is -0.115. The first-order chi connectivity index (χ1) is 10.3. The molecule has 0 radical (unpaired) electrons. The average molecular weight is 299 g/mol. The van der Waals surface area contributed by atoms with Gasteiger partial charge in [-0.05, 0) is 55.5 Å². The molecule has 0 saturated carbocycles. The quantitative estimate of drug-likeness (QED) is 0.619. The predicted octanol–water partition coefficient (Wildman–Crippen LogP) is 2.59. The summed E-state index contributed by atoms with van der Waals surface area (Å²) in [5.74, 6) is 0.0700. The first-order valence-electron chi connectivity index (χ1n) is 7.50. The number of amides is 3. The zero-order valence-corrected chi connectivity index (χ0v) is 13.4. The summed E-state index contributed by atoms with van der Waals surface area (Å²) in [5.41, 5.74) is 3.85. The van der Waals surface area contributed by atoms with Gasteiger partial charge in [-0.15, -0.1) is 0 Å². The molecule has 2 heterocycles. The number of carbonyl (C=O) groups is 2. The van der Waals surface area contributed by atoms with E-state index in [-0.39, 0.29) is 11.4 Å². The second-order valence-electron chi connectivity index (χ2n) is 6.76. The molecule has 3 rings (SSSR count). The zero-order valence-electron chi connectivity index (χ0n) is 13.4. The van der Waals surface area contributed by atoms with E-state index < -0.39 is 6.03 Å². The molecule has 0 spiro atoms. The van der Waals surface area contributed by atoms with Gasteiger partial charge in [-0.2, -0.15) is 0 Å². The Hall–Kier alpha value is -2.30. The Morgan fingerprint density at radius 3 is 2.64 bits per heavy atom. The molecule has 1 saturated heterocycles. The molecule has 1 aromatic rings. The van der Waals surface area contributed by atoms with E-state index in [1.165, 1.54) is 11.3 Å². The number of imide groups is 1. The Morgan fingerprint density at radius 2 is 2.00 bits per heavy atom. The third-order valence-electron chi connectivity index (χ3n) is 4.69. The fraction of sp³-hybridized carbons (Fsp3) is 0.412. The van der Waals surface area contributed by atoms with E-state index >= 15 is 0 Å². The van der Waals surface area contributed by atoms with Crippen molar-refractivity contribution in [1.29, 1.82) is 0 Å². The van der Waals surface area contributed by atoms with Gasteiger partial charge in [-0.25, -0.2) is 4.79 Å². The summed E-state index contributed by atoms with van der Waals surface area (Å²) in [7, 11) is 2.12. The van der Waals surface area contributed by atoms with Crippen LogP contribution >= 0.6 is 0 Å². The highest BCUT2D eigenvalue weighted by atomic mass is 16.2. The lowest BCUT2D eigenvalue weighted by Gasteiger charge is -2.45. The lowest BCUT2D eigenvalue weighted by Crippen LogP contribution is -2.45. The molecule has 2 N–H and O–H groups in total. The van der Waals surface area contributed by atoms with E-state index in [9.17, 15) is 9.59 Å². The van der Waals surface area contributed by atoms with Crippen molar-refractivity contribution in [3.8, 4) is 0 Å². The highest BCUT2D eigenvalue weighted by Crippen LogP contribution is 2.42. The molecule has 1 atom stereocenters. The molecular weight excluding hydrogens is 278 g/mol. The summed E-state index contributed by atoms with van der Waals surface area (Å²) in [6, 6.07) is 5.71. The zero-order chi connectivity index (χ0) is 16.1. The second-order valence-corrected chi connectivity index (χ2v) is 6.76. The number of fused-ring (bicyclic) bond motifs is 1. The number of urea groups is 1. The maximum Gasteiger partial charge on any atom is 0.326 e. The summed E-state index contributed by atoms with van der Waals surface area (Å²) in [4.78, 5) is 25.1. The van der Waals surface area contributed by atoms with E-state index in [0.29, 0.717) is 11.6 Å². The van der Waals surface area contributed by atoms with E-state index in [1.807, 2.05) is 6.07 Å². The van der Waals surface area contributed by atoms with E-state index in [2.05, 4.69) is 55.5 Å². The van der Waals surface area contributed by atoms with Gasteiger partial charge < -0.3 is 10.2 Å². The summed E-state index contributed by atoms with van der Waals surface area (Å²) in [6.07, 6.45) is 2.79. The first-order valence-corrected chi connectivity index (χ1v) is 7.50. The topological polar surface area (TPSA) is 61.4 Å². The highest BCUT2D eigenvalue weighted by molar-refractivity contribution is 6.14. The van der Waals surface area contributed by atoms with Crippen LogP contribution in [0.3, 0.4) is 0 Å². The number of nitrogens with one attached hydrogen (secondary N) is 2. The van der Waals surface area contributed by atoms with E-state index in [0.717, 1.165) is 12.0 Å². The van der Waals surface area contributed by atoms with Crippen LogP contribution in [0.4, 0.5) is 10.5 Å². The van der Waals surface area contributed by atoms with Gasteiger partial charge >= 0.3 is 6.03 Å². The van der Waals surface area contributed by atoms with Crippen LogP contribution in [0.1, 0.15) is 44.2 Å². The molecule has 1 aromatic carbocycles. The van der Waals surface area contributed by atoms with Gasteiger partial charge in [0.1, 0.15) is 5.70 Å². The number of nitrogens with zero attached hydrogens (tertiary/aromatic N) is 1. The van der Waals surface area contributed by atoms with Crippen molar-refractivity contribution < 1.29 is 9.59 Å². The third-order valence-corrected chi connectivity index (χ3v) is 4.69. The van der Waals surface area contributed by atoms with E-state index in [1.54, 1.807) is 6.08 Å². The van der Waals surface area contributed by atoms with Gasteiger partial charge in [0.05, 0.1) is 0 Å². The first kappa shape index (κ1) is 14.6. The van der Waals surface area contributed by atoms with Crippen LogP contribution in [0.5, 0.6) is 0 Å². The molecule has 1 fully saturated rings. The number of carbonyl (C=O) groups excluding carboxylic acids is 2. The number of hydrogen-bond acceptors (Lipinski definition) is 3. The van der Waals surface area contributed by atoms with Crippen LogP contribution in [-0.4, -0.2) is 24.5 Å². The molecule has 0 unspecified atom stereocenters. The highest BCUT2D eigenvalue weighted by Gasteiger charge is 2.34. The maximum absolute atomic E-state index is 11.6. The fourth-order valence-corrected chi connectivity index (χ4v) is 3.33. The van der Waals surface area contributed by atoms with Crippen LogP contribution in [0.25, 0.3) is 6.08 Å². The van der Waals surface area contributed by atoms with Gasteiger partial charge in [0.15, 0.2) is 0 Å². The minimum absolute atomic E-state index is 0.131. The largest absolute Gasteiger partial charge is 0.369 e. The Balaban J connectivity index is 1.98. The number of benzene rings is 1. The molecule has 3 amide bonds. The maximum atomic E-state index is 11.6. The Morgan fingerprint density at radius 1 is 1.27 bits per heavy atom. The SMILES string of the molecule is C[C@H]1CC(C)(C)N(C)c2ccc(/C=C3/NC(=O)NC3=O)cc21. The molecular formula is C17H21N3O2. The molecule has 22 heavy (non-hydrogen) atoms. The summed E-state index contributed by atoms with van der Waals surface area (Å²) >= 11 is 0. The van der Waals surface area contributed by atoms with Crippen molar-refractivity contribution in [2.75, 3.05) is 11.9 Å². The Kier molecular flexibility index (Phi) is 3.24. The molecule has 0 bridgehead atoms. The summed E-state index contributed by atoms with van der Waals surface area (Å²) < 4.78 is 0. The number of anilines is 1. The van der Waals surface area contributed by atoms with Crippen LogP contribution in [0.2, 0.25) is 0 Å².